The van der Waals surface area contributed by atoms with Crippen molar-refractivity contribution in [2.45, 2.75) is 23.8 Å². The summed E-state index contributed by atoms with van der Waals surface area (Å²) in [5.74, 6) is -0.200. The Morgan fingerprint density at radius 2 is 1.64 bits per heavy atom. The van der Waals surface area contributed by atoms with Gasteiger partial charge in [-0.2, -0.15) is 0 Å². The second kappa shape index (κ2) is 8.86. The van der Waals surface area contributed by atoms with E-state index in [0.29, 0.717) is 12.1 Å². The van der Waals surface area contributed by atoms with Crippen molar-refractivity contribution in [3.63, 3.8) is 0 Å². The van der Waals surface area contributed by atoms with E-state index in [4.69, 9.17) is 0 Å². The summed E-state index contributed by atoms with van der Waals surface area (Å²) in [5.41, 5.74) is 1.64. The van der Waals surface area contributed by atoms with E-state index in [1.165, 1.54) is 44.6 Å². The number of hydrogen-bond donors (Lipinski definition) is 1. The van der Waals surface area contributed by atoms with Crippen LogP contribution >= 0.6 is 0 Å². The molecule has 2 aromatic rings. The zero-order chi connectivity index (χ0) is 20.1. The van der Waals surface area contributed by atoms with E-state index in [2.05, 4.69) is 22.3 Å². The van der Waals surface area contributed by atoms with Crippen LogP contribution in [0.15, 0.2) is 59.5 Å². The number of nitrogens with one attached hydrogen (secondary N) is 1. The van der Waals surface area contributed by atoms with Gasteiger partial charge in [0.1, 0.15) is 0 Å². The molecule has 0 radical (unpaired) electrons. The summed E-state index contributed by atoms with van der Waals surface area (Å²) in [4.78, 5) is 15.2. The molecule has 28 heavy (non-hydrogen) atoms. The topological polar surface area (TPSA) is 69.7 Å². The molecule has 1 aliphatic rings. The SMILES string of the molecule is CN(C)S(=O)(=O)c1ccc(C(=O)NC[C@H](c2ccccc2)N2CCCC2)cc1. The van der Waals surface area contributed by atoms with Gasteiger partial charge in [0.05, 0.1) is 10.9 Å². The molecule has 1 aliphatic heterocycles. The Balaban J connectivity index is 1.69. The first-order valence-electron chi connectivity index (χ1n) is 9.49. The van der Waals surface area contributed by atoms with Gasteiger partial charge in [-0.15, -0.1) is 0 Å². The fraction of sp³-hybridized carbons (Fsp3) is 0.381. The molecule has 3 rings (SSSR count). The summed E-state index contributed by atoms with van der Waals surface area (Å²) in [6.07, 6.45) is 2.36. The van der Waals surface area contributed by atoms with Crippen LogP contribution in [0.1, 0.15) is 34.8 Å². The van der Waals surface area contributed by atoms with Crippen LogP contribution in [0.2, 0.25) is 0 Å². The van der Waals surface area contributed by atoms with Gasteiger partial charge in [-0.25, -0.2) is 12.7 Å². The molecule has 7 heteroatoms. The quantitative estimate of drug-likeness (QED) is 0.774. The Morgan fingerprint density at radius 1 is 1.04 bits per heavy atom. The number of nitrogens with zero attached hydrogens (tertiary/aromatic N) is 2. The summed E-state index contributed by atoms with van der Waals surface area (Å²) >= 11 is 0. The van der Waals surface area contributed by atoms with E-state index >= 15 is 0 Å². The lowest BCUT2D eigenvalue weighted by Gasteiger charge is -2.28. The Morgan fingerprint density at radius 3 is 2.21 bits per heavy atom. The number of hydrogen-bond acceptors (Lipinski definition) is 4. The molecule has 0 aromatic heterocycles. The molecular formula is C21H27N3O3S. The Kier molecular flexibility index (Phi) is 6.49. The van der Waals surface area contributed by atoms with Crippen LogP contribution in [-0.2, 0) is 10.0 Å². The van der Waals surface area contributed by atoms with Crippen molar-refractivity contribution in [3.05, 3.63) is 65.7 Å². The monoisotopic (exact) mass is 401 g/mol. The average molecular weight is 402 g/mol. The second-order valence-corrected chi connectivity index (χ2v) is 9.34. The number of sulfonamides is 1. The number of carbonyl (C=O) groups excluding carboxylic acids is 1. The van der Waals surface area contributed by atoms with Crippen molar-refractivity contribution < 1.29 is 13.2 Å². The van der Waals surface area contributed by atoms with Gasteiger partial charge in [-0.05, 0) is 55.8 Å². The lowest BCUT2D eigenvalue weighted by Crippen LogP contribution is -2.36. The van der Waals surface area contributed by atoms with Gasteiger partial charge < -0.3 is 5.32 Å². The summed E-state index contributed by atoms with van der Waals surface area (Å²) in [6, 6.07) is 16.4. The van der Waals surface area contributed by atoms with Crippen LogP contribution in [0, 0.1) is 0 Å². The molecule has 150 valence electrons. The molecule has 1 fully saturated rings. The van der Waals surface area contributed by atoms with E-state index < -0.39 is 10.0 Å². The maximum atomic E-state index is 12.6. The van der Waals surface area contributed by atoms with Gasteiger partial charge in [0.2, 0.25) is 10.0 Å². The molecule has 1 atom stereocenters. The van der Waals surface area contributed by atoms with Gasteiger partial charge >= 0.3 is 0 Å². The van der Waals surface area contributed by atoms with E-state index in [1.54, 1.807) is 12.1 Å². The lowest BCUT2D eigenvalue weighted by molar-refractivity contribution is 0.0938. The molecule has 0 aliphatic carbocycles. The Hall–Kier alpha value is -2.22. The van der Waals surface area contributed by atoms with Gasteiger partial charge in [0.25, 0.3) is 5.91 Å². The highest BCUT2D eigenvalue weighted by molar-refractivity contribution is 7.89. The van der Waals surface area contributed by atoms with E-state index in [1.807, 2.05) is 18.2 Å². The molecule has 1 heterocycles. The molecule has 0 spiro atoms. The van der Waals surface area contributed by atoms with Crippen molar-refractivity contribution in [2.75, 3.05) is 33.7 Å². The summed E-state index contributed by atoms with van der Waals surface area (Å²) in [7, 11) is -0.529. The van der Waals surface area contributed by atoms with Crippen LogP contribution in [0.25, 0.3) is 0 Å². The van der Waals surface area contributed by atoms with Gasteiger partial charge in [0.15, 0.2) is 0 Å². The number of rotatable bonds is 7. The van der Waals surface area contributed by atoms with Gasteiger partial charge in [-0.3, -0.25) is 9.69 Å². The number of benzene rings is 2. The standard InChI is InChI=1S/C21H27N3O3S/c1-23(2)28(26,27)19-12-10-18(11-13-19)21(25)22-16-20(24-14-6-7-15-24)17-8-4-3-5-9-17/h3-5,8-13,20H,6-7,14-16H2,1-2H3,(H,22,25)/t20-/m1/s1. The molecule has 2 aromatic carbocycles. The third kappa shape index (κ3) is 4.60. The van der Waals surface area contributed by atoms with Gasteiger partial charge in [0, 0.05) is 26.2 Å². The summed E-state index contributed by atoms with van der Waals surface area (Å²) < 4.78 is 25.5. The maximum Gasteiger partial charge on any atom is 0.251 e. The lowest BCUT2D eigenvalue weighted by atomic mass is 10.1. The highest BCUT2D eigenvalue weighted by Crippen LogP contribution is 2.24. The molecule has 1 amide bonds. The van der Waals surface area contributed by atoms with Crippen molar-refractivity contribution in [2.24, 2.45) is 0 Å². The molecule has 6 nitrogen and oxygen atoms in total. The number of carbonyl (C=O) groups is 1. The minimum atomic E-state index is -3.50. The largest absolute Gasteiger partial charge is 0.350 e. The predicted octanol–water partition coefficient (Wildman–Crippen LogP) is 2.50. The first-order valence-corrected chi connectivity index (χ1v) is 10.9. The summed E-state index contributed by atoms with van der Waals surface area (Å²) in [5, 5.41) is 3.01. The molecular weight excluding hydrogens is 374 g/mol. The smallest absolute Gasteiger partial charge is 0.251 e. The molecule has 0 saturated carbocycles. The summed E-state index contributed by atoms with van der Waals surface area (Å²) in [6.45, 7) is 2.58. The van der Waals surface area contributed by atoms with E-state index in [9.17, 15) is 13.2 Å². The third-order valence-corrected chi connectivity index (χ3v) is 6.95. The third-order valence-electron chi connectivity index (χ3n) is 5.12. The number of amides is 1. The fourth-order valence-electron chi connectivity index (χ4n) is 3.47. The van der Waals surface area contributed by atoms with Gasteiger partial charge in [-0.1, -0.05) is 30.3 Å². The van der Waals surface area contributed by atoms with Crippen molar-refractivity contribution in [1.29, 1.82) is 0 Å². The highest BCUT2D eigenvalue weighted by atomic mass is 32.2. The van der Waals surface area contributed by atoms with Crippen LogP contribution in [0.4, 0.5) is 0 Å². The van der Waals surface area contributed by atoms with E-state index in [0.717, 1.165) is 17.4 Å². The van der Waals surface area contributed by atoms with Crippen molar-refractivity contribution >= 4 is 15.9 Å². The molecule has 0 bridgehead atoms. The Labute approximate surface area is 167 Å². The second-order valence-electron chi connectivity index (χ2n) is 7.19. The number of likely N-dealkylation sites (tertiary alicyclic amines) is 1. The first kappa shape index (κ1) is 20.5. The molecule has 1 N–H and O–H groups in total. The normalized spacial score (nSPS) is 16.2. The molecule has 1 saturated heterocycles. The fourth-order valence-corrected chi connectivity index (χ4v) is 4.37. The maximum absolute atomic E-state index is 12.6. The van der Waals surface area contributed by atoms with Crippen molar-refractivity contribution in [3.8, 4) is 0 Å². The van der Waals surface area contributed by atoms with E-state index in [-0.39, 0.29) is 16.8 Å². The Bertz CT molecular complexity index is 890. The van der Waals surface area contributed by atoms with Crippen molar-refractivity contribution in [1.82, 2.24) is 14.5 Å². The van der Waals surface area contributed by atoms with Crippen LogP contribution in [0.3, 0.4) is 0 Å². The van der Waals surface area contributed by atoms with Crippen LogP contribution in [-0.4, -0.2) is 57.3 Å². The average Bonchev–Trinajstić information content (AvgIpc) is 3.23. The zero-order valence-electron chi connectivity index (χ0n) is 16.3. The molecule has 0 unspecified atom stereocenters. The highest BCUT2D eigenvalue weighted by Gasteiger charge is 2.24. The minimum Gasteiger partial charge on any atom is -0.350 e. The zero-order valence-corrected chi connectivity index (χ0v) is 17.2. The van der Waals surface area contributed by atoms with Crippen LogP contribution < -0.4 is 5.32 Å². The minimum absolute atomic E-state index is 0.140. The first-order chi connectivity index (χ1) is 13.4. The van der Waals surface area contributed by atoms with Crippen LogP contribution in [0.5, 0.6) is 0 Å². The predicted molar refractivity (Wildman–Crippen MR) is 110 cm³/mol.